The van der Waals surface area contributed by atoms with E-state index >= 15 is 0 Å². The minimum absolute atomic E-state index is 0.0220. The number of amides is 1. The molecule has 0 aliphatic heterocycles. The van der Waals surface area contributed by atoms with Crippen molar-refractivity contribution >= 4 is 16.9 Å². The molecule has 2 aromatic carbocycles. The summed E-state index contributed by atoms with van der Waals surface area (Å²) < 4.78 is 21.5. The molecule has 3 aromatic heterocycles. The van der Waals surface area contributed by atoms with Crippen LogP contribution >= 0.6 is 0 Å². The van der Waals surface area contributed by atoms with E-state index in [-0.39, 0.29) is 17.9 Å². The van der Waals surface area contributed by atoms with E-state index in [1.54, 1.807) is 0 Å². The fourth-order valence-electron chi connectivity index (χ4n) is 4.60. The summed E-state index contributed by atoms with van der Waals surface area (Å²) in [6.07, 6.45) is 6.35. The Labute approximate surface area is 232 Å². The molecule has 3 heterocycles. The van der Waals surface area contributed by atoms with Gasteiger partial charge in [-0.15, -0.1) is 0 Å². The normalized spacial score (nSPS) is 11.2. The summed E-state index contributed by atoms with van der Waals surface area (Å²) in [6.45, 7) is 4.53. The van der Waals surface area contributed by atoms with Gasteiger partial charge >= 0.3 is 0 Å². The van der Waals surface area contributed by atoms with Crippen LogP contribution in [0.25, 0.3) is 22.2 Å². The van der Waals surface area contributed by atoms with Crippen LogP contribution in [0, 0.1) is 5.82 Å². The first kappa shape index (κ1) is 27.2. The summed E-state index contributed by atoms with van der Waals surface area (Å²) in [5.74, 6) is 0.632. The molecule has 0 radical (unpaired) electrons. The molecule has 0 spiro atoms. The number of carbonyl (C=O) groups excluding carboxylic acids is 1. The van der Waals surface area contributed by atoms with Gasteiger partial charge in [-0.3, -0.25) is 9.78 Å². The molecule has 0 aliphatic carbocycles. The van der Waals surface area contributed by atoms with Crippen molar-refractivity contribution in [1.82, 2.24) is 30.2 Å². The van der Waals surface area contributed by atoms with Crippen molar-refractivity contribution in [3.05, 3.63) is 102 Å². The first-order valence-corrected chi connectivity index (χ1v) is 13.7. The Morgan fingerprint density at radius 3 is 2.67 bits per heavy atom. The molecule has 0 saturated carbocycles. The maximum atomic E-state index is 13.7. The van der Waals surface area contributed by atoms with Crippen molar-refractivity contribution in [1.29, 1.82) is 0 Å². The number of oxazole rings is 1. The Balaban J connectivity index is 1.14. The largest absolute Gasteiger partial charge is 0.448 e. The van der Waals surface area contributed by atoms with E-state index in [4.69, 9.17) is 9.40 Å². The number of hydrogen-bond acceptors (Lipinski definition) is 6. The first-order chi connectivity index (χ1) is 19.6. The number of nitrogens with one attached hydrogen (secondary N) is 2. The van der Waals surface area contributed by atoms with E-state index in [1.165, 1.54) is 41.2 Å². The lowest BCUT2D eigenvalue weighted by Gasteiger charge is -2.09. The van der Waals surface area contributed by atoms with Crippen LogP contribution in [-0.4, -0.2) is 38.5 Å². The fraction of sp³-hybridized carbons (Fsp3) is 0.290. The number of aromatic nitrogens is 4. The van der Waals surface area contributed by atoms with Crippen LogP contribution in [0.3, 0.4) is 0 Å². The Morgan fingerprint density at radius 2 is 1.85 bits per heavy atom. The molecule has 0 saturated heterocycles. The van der Waals surface area contributed by atoms with Crippen molar-refractivity contribution in [3.8, 4) is 11.1 Å². The molecule has 2 N–H and O–H groups in total. The van der Waals surface area contributed by atoms with Crippen LogP contribution < -0.4 is 10.6 Å². The smallest absolute Gasteiger partial charge is 0.273 e. The number of fused-ring (bicyclic) bond motifs is 1. The van der Waals surface area contributed by atoms with E-state index in [9.17, 15) is 9.18 Å². The second kappa shape index (κ2) is 13.1. The molecule has 206 valence electrons. The third-order valence-electron chi connectivity index (χ3n) is 6.75. The van der Waals surface area contributed by atoms with Gasteiger partial charge in [-0.25, -0.2) is 14.4 Å². The number of rotatable bonds is 13. The lowest BCUT2D eigenvalue weighted by Crippen LogP contribution is -2.24. The quantitative estimate of drug-likeness (QED) is 0.196. The molecule has 40 heavy (non-hydrogen) atoms. The minimum Gasteiger partial charge on any atom is -0.448 e. The van der Waals surface area contributed by atoms with E-state index in [1.807, 2.05) is 6.07 Å². The predicted octanol–water partition coefficient (Wildman–Crippen LogP) is 5.33. The number of halogens is 1. The molecule has 5 rings (SSSR count). The lowest BCUT2D eigenvalue weighted by atomic mass is 10.1. The second-order valence-electron chi connectivity index (χ2n) is 9.59. The third kappa shape index (κ3) is 6.60. The number of benzene rings is 2. The standard InChI is InChI=1S/C31H33FN6O2/c1-2-3-18-38-28-12-11-23(22-8-5-4-6-9-22)19-25(28)36-29(38)13-16-33-17-14-30-37-27(21-40-30)31(39)35-20-26-24(32)10-7-15-34-26/h4-12,15,19,21,33H,2-3,13-14,16-18,20H2,1H3,(H,35,39). The van der Waals surface area contributed by atoms with Gasteiger partial charge < -0.3 is 19.6 Å². The van der Waals surface area contributed by atoms with Gasteiger partial charge in [-0.05, 0) is 41.8 Å². The third-order valence-corrected chi connectivity index (χ3v) is 6.75. The maximum absolute atomic E-state index is 13.7. The monoisotopic (exact) mass is 540 g/mol. The van der Waals surface area contributed by atoms with Gasteiger partial charge in [-0.2, -0.15) is 0 Å². The van der Waals surface area contributed by atoms with Gasteiger partial charge in [0.2, 0.25) is 0 Å². The van der Waals surface area contributed by atoms with Gasteiger partial charge in [0.1, 0.15) is 17.9 Å². The molecular formula is C31H33FN6O2. The van der Waals surface area contributed by atoms with E-state index < -0.39 is 11.7 Å². The summed E-state index contributed by atoms with van der Waals surface area (Å²) in [5.41, 5.74) is 4.86. The van der Waals surface area contributed by atoms with Gasteiger partial charge in [-0.1, -0.05) is 49.7 Å². The second-order valence-corrected chi connectivity index (χ2v) is 9.59. The summed E-state index contributed by atoms with van der Waals surface area (Å²) in [5, 5.41) is 6.05. The van der Waals surface area contributed by atoms with Crippen molar-refractivity contribution < 1.29 is 13.6 Å². The highest BCUT2D eigenvalue weighted by Crippen LogP contribution is 2.25. The van der Waals surface area contributed by atoms with E-state index in [0.717, 1.165) is 43.7 Å². The molecule has 0 aliphatic rings. The maximum Gasteiger partial charge on any atom is 0.273 e. The molecule has 0 fully saturated rings. The van der Waals surface area contributed by atoms with Gasteiger partial charge in [0, 0.05) is 38.7 Å². The first-order valence-electron chi connectivity index (χ1n) is 13.7. The summed E-state index contributed by atoms with van der Waals surface area (Å²) >= 11 is 0. The molecular weight excluding hydrogens is 507 g/mol. The number of carbonyl (C=O) groups is 1. The Hall–Kier alpha value is -4.37. The molecule has 0 unspecified atom stereocenters. The van der Waals surface area contributed by atoms with Gasteiger partial charge in [0.25, 0.3) is 5.91 Å². The molecule has 9 heteroatoms. The van der Waals surface area contributed by atoms with Crippen LogP contribution in [-0.2, 0) is 25.9 Å². The van der Waals surface area contributed by atoms with Gasteiger partial charge in [0.05, 0.1) is 23.3 Å². The Kier molecular flexibility index (Phi) is 8.93. The summed E-state index contributed by atoms with van der Waals surface area (Å²) in [4.78, 5) is 25.5. The minimum atomic E-state index is -0.465. The van der Waals surface area contributed by atoms with Crippen LogP contribution in [0.1, 0.15) is 47.7 Å². The van der Waals surface area contributed by atoms with Crippen molar-refractivity contribution in [2.45, 2.75) is 45.7 Å². The van der Waals surface area contributed by atoms with Crippen molar-refractivity contribution in [2.24, 2.45) is 0 Å². The average molecular weight is 541 g/mol. The van der Waals surface area contributed by atoms with Crippen LogP contribution in [0.5, 0.6) is 0 Å². The summed E-state index contributed by atoms with van der Waals surface area (Å²) in [6, 6.07) is 19.7. The van der Waals surface area contributed by atoms with Crippen molar-refractivity contribution in [2.75, 3.05) is 13.1 Å². The number of pyridine rings is 1. The highest BCUT2D eigenvalue weighted by atomic mass is 19.1. The zero-order valence-electron chi connectivity index (χ0n) is 22.6. The van der Waals surface area contributed by atoms with E-state index in [2.05, 4.69) is 74.6 Å². The van der Waals surface area contributed by atoms with Crippen LogP contribution in [0.4, 0.5) is 4.39 Å². The molecule has 8 nitrogen and oxygen atoms in total. The lowest BCUT2D eigenvalue weighted by molar-refractivity contribution is 0.0945. The molecule has 0 bridgehead atoms. The zero-order valence-corrected chi connectivity index (χ0v) is 22.6. The topological polar surface area (TPSA) is 97.9 Å². The van der Waals surface area contributed by atoms with Gasteiger partial charge in [0.15, 0.2) is 11.6 Å². The molecule has 1 amide bonds. The predicted molar refractivity (Wildman–Crippen MR) is 152 cm³/mol. The fourth-order valence-corrected chi connectivity index (χ4v) is 4.60. The highest BCUT2D eigenvalue weighted by Gasteiger charge is 2.14. The van der Waals surface area contributed by atoms with Crippen LogP contribution in [0.2, 0.25) is 0 Å². The average Bonchev–Trinajstić information content (AvgIpc) is 3.60. The molecule has 5 aromatic rings. The SMILES string of the molecule is CCCCn1c(CCNCCc2nc(C(=O)NCc3ncccc3F)co2)nc2cc(-c3ccccc3)ccc21. The zero-order chi connectivity index (χ0) is 27.7. The van der Waals surface area contributed by atoms with Crippen LogP contribution in [0.15, 0.2) is 77.5 Å². The number of nitrogens with zero attached hydrogens (tertiary/aromatic N) is 4. The number of aryl methyl sites for hydroxylation is 1. The van der Waals surface area contributed by atoms with E-state index in [0.29, 0.717) is 18.9 Å². The number of unbranched alkanes of at least 4 members (excludes halogenated alkanes) is 1. The number of hydrogen-bond donors (Lipinski definition) is 2. The molecule has 0 atom stereocenters. The van der Waals surface area contributed by atoms with Crippen molar-refractivity contribution in [3.63, 3.8) is 0 Å². The Bertz CT molecular complexity index is 1560. The number of imidazole rings is 1. The Morgan fingerprint density at radius 1 is 1.00 bits per heavy atom. The summed E-state index contributed by atoms with van der Waals surface area (Å²) in [7, 11) is 0. The highest BCUT2D eigenvalue weighted by molar-refractivity contribution is 5.91.